The fourth-order valence-electron chi connectivity index (χ4n) is 2.23. The van der Waals surface area contributed by atoms with Gasteiger partial charge in [0.15, 0.2) is 9.84 Å². The molecule has 0 aliphatic carbocycles. The third-order valence-corrected chi connectivity index (χ3v) is 5.45. The number of likely N-dealkylation sites (tertiary alicyclic amines) is 1. The molecule has 0 atom stereocenters. The molecule has 7 heteroatoms. The van der Waals surface area contributed by atoms with Gasteiger partial charge in [-0.05, 0) is 24.1 Å². The van der Waals surface area contributed by atoms with E-state index in [0.717, 1.165) is 6.26 Å². The number of halogens is 1. The summed E-state index contributed by atoms with van der Waals surface area (Å²) in [5.41, 5.74) is -0.604. The number of hydrogen-bond donors (Lipinski definition) is 1. The van der Waals surface area contributed by atoms with E-state index in [9.17, 15) is 18.3 Å². The number of β-amino-alcohol motifs (C(OH)–C–C–N with tert-alkyl or cyclic N) is 1. The molecule has 0 aromatic heterocycles. The normalized spacial score (nSPS) is 17.7. The van der Waals surface area contributed by atoms with Crippen LogP contribution in [0.2, 0.25) is 5.02 Å². The number of hydrogen-bond acceptors (Lipinski definition) is 4. The molecule has 1 saturated heterocycles. The Bertz CT molecular complexity index is 678. The summed E-state index contributed by atoms with van der Waals surface area (Å²) in [5.74, 6) is -0.250. The van der Waals surface area contributed by atoms with E-state index >= 15 is 0 Å². The second kappa shape index (κ2) is 5.26. The molecule has 0 unspecified atom stereocenters. The Hall–Kier alpha value is -1.11. The smallest absolute Gasteiger partial charge is 0.254 e. The van der Waals surface area contributed by atoms with Crippen molar-refractivity contribution in [2.24, 2.45) is 5.92 Å². The minimum atomic E-state index is -3.49. The van der Waals surface area contributed by atoms with E-state index in [0.29, 0.717) is 0 Å². The van der Waals surface area contributed by atoms with Crippen molar-refractivity contribution < 1.29 is 18.3 Å². The quantitative estimate of drug-likeness (QED) is 0.912. The minimum Gasteiger partial charge on any atom is -0.386 e. The zero-order chi connectivity index (χ0) is 16.0. The van der Waals surface area contributed by atoms with Crippen molar-refractivity contribution in [1.82, 2.24) is 4.90 Å². The van der Waals surface area contributed by atoms with E-state index in [4.69, 9.17) is 11.6 Å². The predicted octanol–water partition coefficient (Wildman–Crippen LogP) is 1.59. The summed E-state index contributed by atoms with van der Waals surface area (Å²) >= 11 is 5.86. The molecule has 2 rings (SSSR count). The first-order chi connectivity index (χ1) is 9.54. The topological polar surface area (TPSA) is 74.7 Å². The molecule has 0 saturated carbocycles. The maximum Gasteiger partial charge on any atom is 0.254 e. The lowest BCUT2D eigenvalue weighted by molar-refractivity contribution is -0.110. The molecule has 1 amide bonds. The first-order valence-electron chi connectivity index (χ1n) is 6.56. The van der Waals surface area contributed by atoms with Crippen LogP contribution in [-0.2, 0) is 9.84 Å². The van der Waals surface area contributed by atoms with Gasteiger partial charge in [0.25, 0.3) is 5.91 Å². The summed E-state index contributed by atoms with van der Waals surface area (Å²) in [7, 11) is -3.49. The molecule has 0 spiro atoms. The number of rotatable bonds is 3. The zero-order valence-electron chi connectivity index (χ0n) is 12.1. The predicted molar refractivity (Wildman–Crippen MR) is 80.3 cm³/mol. The molecule has 0 bridgehead atoms. The zero-order valence-corrected chi connectivity index (χ0v) is 13.7. The molecule has 1 aliphatic rings. The Balaban J connectivity index is 2.23. The fraction of sp³-hybridized carbons (Fsp3) is 0.500. The van der Waals surface area contributed by atoms with Crippen LogP contribution in [-0.4, -0.2) is 49.3 Å². The molecule has 116 valence electrons. The fourth-order valence-corrected chi connectivity index (χ4v) is 3.53. The molecule has 21 heavy (non-hydrogen) atoms. The van der Waals surface area contributed by atoms with Gasteiger partial charge in [-0.15, -0.1) is 0 Å². The van der Waals surface area contributed by atoms with Crippen molar-refractivity contribution in [1.29, 1.82) is 0 Å². The van der Waals surface area contributed by atoms with Crippen LogP contribution in [0, 0.1) is 5.92 Å². The summed E-state index contributed by atoms with van der Waals surface area (Å²) in [6, 6.07) is 4.18. The number of aliphatic hydroxyl groups is 1. The Kier molecular flexibility index (Phi) is 4.08. The average Bonchev–Trinajstić information content (AvgIpc) is 2.33. The molecule has 1 heterocycles. The van der Waals surface area contributed by atoms with Crippen molar-refractivity contribution in [2.75, 3.05) is 19.3 Å². The van der Waals surface area contributed by atoms with Gasteiger partial charge in [-0.1, -0.05) is 25.4 Å². The Labute approximate surface area is 129 Å². The molecule has 5 nitrogen and oxygen atoms in total. The molecular formula is C14H18ClNO4S. The van der Waals surface area contributed by atoms with Gasteiger partial charge in [-0.3, -0.25) is 4.79 Å². The average molecular weight is 332 g/mol. The van der Waals surface area contributed by atoms with Gasteiger partial charge in [-0.25, -0.2) is 8.42 Å². The number of nitrogens with zero attached hydrogens (tertiary/aromatic N) is 1. The second-order valence-electron chi connectivity index (χ2n) is 5.84. The van der Waals surface area contributed by atoms with E-state index in [1.54, 1.807) is 0 Å². The Morgan fingerprint density at radius 1 is 1.38 bits per heavy atom. The number of sulfone groups is 1. The van der Waals surface area contributed by atoms with Gasteiger partial charge in [0.05, 0.1) is 23.0 Å². The van der Waals surface area contributed by atoms with Gasteiger partial charge in [0.2, 0.25) is 0 Å². The van der Waals surface area contributed by atoms with Crippen LogP contribution in [0.5, 0.6) is 0 Å². The van der Waals surface area contributed by atoms with Crippen molar-refractivity contribution in [3.05, 3.63) is 28.8 Å². The van der Waals surface area contributed by atoms with E-state index in [-0.39, 0.29) is 40.4 Å². The molecular weight excluding hydrogens is 314 g/mol. The Morgan fingerprint density at radius 3 is 2.43 bits per heavy atom. The van der Waals surface area contributed by atoms with Gasteiger partial charge < -0.3 is 10.0 Å². The summed E-state index contributed by atoms with van der Waals surface area (Å²) in [6.07, 6.45) is 1.05. The number of carbonyl (C=O) groups excluding carboxylic acids is 1. The molecule has 1 N–H and O–H groups in total. The van der Waals surface area contributed by atoms with Crippen LogP contribution in [0.4, 0.5) is 0 Å². The van der Waals surface area contributed by atoms with Crippen molar-refractivity contribution in [2.45, 2.75) is 24.3 Å². The van der Waals surface area contributed by atoms with Crippen molar-refractivity contribution in [3.63, 3.8) is 0 Å². The minimum absolute atomic E-state index is 0.0540. The van der Waals surface area contributed by atoms with Crippen LogP contribution in [0.25, 0.3) is 0 Å². The third-order valence-electron chi connectivity index (χ3n) is 3.87. The number of carbonyl (C=O) groups is 1. The molecule has 0 radical (unpaired) electrons. The first-order valence-corrected chi connectivity index (χ1v) is 8.83. The molecule has 1 aromatic carbocycles. The maximum absolute atomic E-state index is 12.3. The van der Waals surface area contributed by atoms with Crippen molar-refractivity contribution >= 4 is 27.3 Å². The van der Waals surface area contributed by atoms with Crippen LogP contribution in [0.3, 0.4) is 0 Å². The largest absolute Gasteiger partial charge is 0.386 e. The molecule has 1 aliphatic heterocycles. The summed E-state index contributed by atoms with van der Waals surface area (Å²) in [5, 5.41) is 10.3. The summed E-state index contributed by atoms with van der Waals surface area (Å²) < 4.78 is 23.2. The van der Waals surface area contributed by atoms with Crippen LogP contribution >= 0.6 is 11.6 Å². The van der Waals surface area contributed by atoms with Gasteiger partial charge in [0, 0.05) is 11.8 Å². The van der Waals surface area contributed by atoms with Crippen LogP contribution < -0.4 is 0 Å². The lowest BCUT2D eigenvalue weighted by Crippen LogP contribution is -2.65. The van der Waals surface area contributed by atoms with E-state index in [2.05, 4.69) is 0 Å². The molecule has 1 aromatic rings. The van der Waals surface area contributed by atoms with E-state index in [1.165, 1.54) is 23.1 Å². The number of benzene rings is 1. The van der Waals surface area contributed by atoms with Crippen molar-refractivity contribution in [3.8, 4) is 0 Å². The summed E-state index contributed by atoms with van der Waals surface area (Å²) in [4.78, 5) is 13.7. The highest BCUT2D eigenvalue weighted by atomic mass is 35.5. The van der Waals surface area contributed by atoms with Gasteiger partial charge >= 0.3 is 0 Å². The van der Waals surface area contributed by atoms with Crippen LogP contribution in [0.15, 0.2) is 23.1 Å². The second-order valence-corrected chi connectivity index (χ2v) is 8.23. The lowest BCUT2D eigenvalue weighted by Gasteiger charge is -2.49. The maximum atomic E-state index is 12.3. The van der Waals surface area contributed by atoms with E-state index in [1.807, 2.05) is 13.8 Å². The lowest BCUT2D eigenvalue weighted by atomic mass is 9.82. The number of amides is 1. The third kappa shape index (κ3) is 3.07. The standard InChI is InChI=1S/C14H18ClNO4S/c1-9(2)14(18)7-16(8-14)13(17)10-4-5-11(15)12(6-10)21(3,19)20/h4-6,9,18H,7-8H2,1-3H3. The highest BCUT2D eigenvalue weighted by molar-refractivity contribution is 7.90. The first kappa shape index (κ1) is 16.3. The Morgan fingerprint density at radius 2 is 1.95 bits per heavy atom. The highest BCUT2D eigenvalue weighted by Gasteiger charge is 2.46. The van der Waals surface area contributed by atoms with Gasteiger partial charge in [-0.2, -0.15) is 0 Å². The summed E-state index contributed by atoms with van der Waals surface area (Å²) in [6.45, 7) is 4.29. The molecule has 1 fully saturated rings. The van der Waals surface area contributed by atoms with Gasteiger partial charge in [0.1, 0.15) is 5.60 Å². The highest BCUT2D eigenvalue weighted by Crippen LogP contribution is 2.30. The SMILES string of the molecule is CC(C)C1(O)CN(C(=O)c2ccc(Cl)c(S(C)(=O)=O)c2)C1. The van der Waals surface area contributed by atoms with Crippen LogP contribution in [0.1, 0.15) is 24.2 Å². The monoisotopic (exact) mass is 331 g/mol. The van der Waals surface area contributed by atoms with E-state index < -0.39 is 15.4 Å².